The average molecular weight is 303 g/mol. The van der Waals surface area contributed by atoms with Crippen LogP contribution in [0, 0.1) is 0 Å². The fraction of sp³-hybridized carbons (Fsp3) is 0.583. The molecule has 5 nitrogen and oxygen atoms in total. The third kappa shape index (κ3) is 2.82. The SMILES string of the molecule is CCc1ccc(S(=O)(=O)NC2(C(=O)O)CCCC2)s1. The largest absolute Gasteiger partial charge is 0.480 e. The first kappa shape index (κ1) is 14.5. The molecule has 0 unspecified atom stereocenters. The minimum absolute atomic E-state index is 0.192. The second-order valence-electron chi connectivity index (χ2n) is 4.77. The zero-order chi connectivity index (χ0) is 14.1. The van der Waals surface area contributed by atoms with Crippen LogP contribution in [0.25, 0.3) is 0 Å². The summed E-state index contributed by atoms with van der Waals surface area (Å²) in [5.74, 6) is -1.08. The maximum absolute atomic E-state index is 12.3. The van der Waals surface area contributed by atoms with Crippen LogP contribution in [0.1, 0.15) is 37.5 Å². The summed E-state index contributed by atoms with van der Waals surface area (Å²) >= 11 is 1.19. The topological polar surface area (TPSA) is 83.5 Å². The lowest BCUT2D eigenvalue weighted by Crippen LogP contribution is -2.52. The second kappa shape index (κ2) is 5.22. The van der Waals surface area contributed by atoms with Crippen molar-refractivity contribution in [2.24, 2.45) is 0 Å². The van der Waals surface area contributed by atoms with E-state index in [2.05, 4.69) is 4.72 Å². The number of sulfonamides is 1. The predicted octanol–water partition coefficient (Wildman–Crippen LogP) is 1.99. The van der Waals surface area contributed by atoms with Crippen LogP contribution in [-0.4, -0.2) is 25.0 Å². The molecule has 0 atom stereocenters. The van der Waals surface area contributed by atoms with Crippen LogP contribution >= 0.6 is 11.3 Å². The zero-order valence-electron chi connectivity index (χ0n) is 10.7. The molecule has 0 saturated heterocycles. The maximum Gasteiger partial charge on any atom is 0.324 e. The van der Waals surface area contributed by atoms with Gasteiger partial charge in [-0.2, -0.15) is 4.72 Å². The van der Waals surface area contributed by atoms with Gasteiger partial charge in [-0.05, 0) is 31.4 Å². The number of carbonyl (C=O) groups is 1. The molecule has 0 radical (unpaired) electrons. The summed E-state index contributed by atoms with van der Waals surface area (Å²) in [4.78, 5) is 12.3. The highest BCUT2D eigenvalue weighted by molar-refractivity contribution is 7.91. The lowest BCUT2D eigenvalue weighted by atomic mass is 10.0. The third-order valence-electron chi connectivity index (χ3n) is 3.45. The fourth-order valence-electron chi connectivity index (χ4n) is 2.34. The number of aliphatic carboxylic acids is 1. The van der Waals surface area contributed by atoms with Crippen LogP contribution in [0.4, 0.5) is 0 Å². The van der Waals surface area contributed by atoms with Gasteiger partial charge in [0.25, 0.3) is 10.0 Å². The molecule has 1 saturated carbocycles. The Bertz CT molecular complexity index is 570. The van der Waals surface area contributed by atoms with E-state index in [-0.39, 0.29) is 4.21 Å². The van der Waals surface area contributed by atoms with E-state index in [0.29, 0.717) is 12.8 Å². The molecule has 1 aliphatic rings. The van der Waals surface area contributed by atoms with Gasteiger partial charge in [0.15, 0.2) is 0 Å². The van der Waals surface area contributed by atoms with Crippen molar-refractivity contribution in [2.45, 2.75) is 48.8 Å². The van der Waals surface area contributed by atoms with E-state index in [1.165, 1.54) is 17.4 Å². The number of hydrogen-bond donors (Lipinski definition) is 2. The molecule has 0 aliphatic heterocycles. The Balaban J connectivity index is 2.27. The highest BCUT2D eigenvalue weighted by atomic mass is 32.2. The molecular formula is C12H17NO4S2. The highest BCUT2D eigenvalue weighted by Gasteiger charge is 2.44. The lowest BCUT2D eigenvalue weighted by Gasteiger charge is -2.24. The van der Waals surface area contributed by atoms with Gasteiger partial charge in [0.2, 0.25) is 0 Å². The quantitative estimate of drug-likeness (QED) is 0.871. The van der Waals surface area contributed by atoms with Gasteiger partial charge in [-0.15, -0.1) is 11.3 Å². The minimum Gasteiger partial charge on any atom is -0.480 e. The first-order valence-electron chi connectivity index (χ1n) is 6.26. The standard InChI is InChI=1S/C12H17NO4S2/c1-2-9-5-6-10(18-9)19(16,17)13-12(11(14)15)7-3-4-8-12/h5-6,13H,2-4,7-8H2,1H3,(H,14,15). The molecule has 19 heavy (non-hydrogen) atoms. The van der Waals surface area contributed by atoms with Crippen molar-refractivity contribution in [3.05, 3.63) is 17.0 Å². The fourth-order valence-corrected chi connectivity index (χ4v) is 5.05. The molecule has 0 amide bonds. The van der Waals surface area contributed by atoms with Gasteiger partial charge >= 0.3 is 5.97 Å². The van der Waals surface area contributed by atoms with Gasteiger partial charge < -0.3 is 5.11 Å². The number of hydrogen-bond acceptors (Lipinski definition) is 4. The Labute approximate surface area is 116 Å². The molecule has 1 fully saturated rings. The maximum atomic E-state index is 12.3. The minimum atomic E-state index is -3.75. The molecule has 0 bridgehead atoms. The van der Waals surface area contributed by atoms with E-state index in [1.54, 1.807) is 6.07 Å². The van der Waals surface area contributed by atoms with E-state index >= 15 is 0 Å². The number of nitrogens with one attached hydrogen (secondary N) is 1. The summed E-state index contributed by atoms with van der Waals surface area (Å²) < 4.78 is 27.1. The van der Waals surface area contributed by atoms with Crippen LogP contribution in [0.3, 0.4) is 0 Å². The monoisotopic (exact) mass is 303 g/mol. The predicted molar refractivity (Wildman–Crippen MR) is 72.9 cm³/mol. The van der Waals surface area contributed by atoms with Crippen molar-refractivity contribution in [3.63, 3.8) is 0 Å². The highest BCUT2D eigenvalue weighted by Crippen LogP contribution is 2.32. The van der Waals surface area contributed by atoms with Gasteiger partial charge in [-0.25, -0.2) is 8.42 Å². The van der Waals surface area contributed by atoms with Crippen molar-refractivity contribution >= 4 is 27.3 Å². The van der Waals surface area contributed by atoms with E-state index in [9.17, 15) is 18.3 Å². The lowest BCUT2D eigenvalue weighted by molar-refractivity contribution is -0.143. The molecule has 0 spiro atoms. The van der Waals surface area contributed by atoms with Crippen molar-refractivity contribution in [2.75, 3.05) is 0 Å². The van der Waals surface area contributed by atoms with Crippen LogP contribution in [0.15, 0.2) is 16.3 Å². The zero-order valence-corrected chi connectivity index (χ0v) is 12.3. The Morgan fingerprint density at radius 2 is 2.05 bits per heavy atom. The Kier molecular flexibility index (Phi) is 3.98. The van der Waals surface area contributed by atoms with E-state index < -0.39 is 21.5 Å². The molecule has 106 valence electrons. The second-order valence-corrected chi connectivity index (χ2v) is 7.85. The summed E-state index contributed by atoms with van der Waals surface area (Å²) in [6.07, 6.45) is 2.95. The van der Waals surface area contributed by atoms with Crippen LogP contribution in [0.5, 0.6) is 0 Å². The molecule has 7 heteroatoms. The number of rotatable bonds is 5. The van der Waals surface area contributed by atoms with Crippen molar-refractivity contribution in [1.82, 2.24) is 4.72 Å². The molecule has 1 aromatic rings. The summed E-state index contributed by atoms with van der Waals surface area (Å²) in [5, 5.41) is 9.30. The molecular weight excluding hydrogens is 286 g/mol. The number of carboxylic acids is 1. The smallest absolute Gasteiger partial charge is 0.324 e. The Hall–Kier alpha value is -0.920. The van der Waals surface area contributed by atoms with Crippen LogP contribution in [0.2, 0.25) is 0 Å². The molecule has 2 rings (SSSR count). The van der Waals surface area contributed by atoms with E-state index in [4.69, 9.17) is 0 Å². The first-order valence-corrected chi connectivity index (χ1v) is 8.56. The summed E-state index contributed by atoms with van der Waals surface area (Å²) in [6.45, 7) is 1.95. The molecule has 0 aromatic carbocycles. The average Bonchev–Trinajstić information content (AvgIpc) is 2.96. The first-order chi connectivity index (χ1) is 8.89. The molecule has 1 heterocycles. The van der Waals surface area contributed by atoms with Gasteiger partial charge in [0.1, 0.15) is 9.75 Å². The molecule has 1 aliphatic carbocycles. The summed E-state index contributed by atoms with van der Waals surface area (Å²) in [7, 11) is -3.75. The molecule has 1 aromatic heterocycles. The van der Waals surface area contributed by atoms with Crippen molar-refractivity contribution in [3.8, 4) is 0 Å². The molecule has 2 N–H and O–H groups in total. The van der Waals surface area contributed by atoms with E-state index in [0.717, 1.165) is 24.1 Å². The van der Waals surface area contributed by atoms with Crippen molar-refractivity contribution in [1.29, 1.82) is 0 Å². The summed E-state index contributed by atoms with van der Waals surface area (Å²) in [6, 6.07) is 3.30. The number of thiophene rings is 1. The van der Waals surface area contributed by atoms with Gasteiger partial charge in [0.05, 0.1) is 0 Å². The van der Waals surface area contributed by atoms with Crippen LogP contribution in [-0.2, 0) is 21.2 Å². The van der Waals surface area contributed by atoms with Gasteiger partial charge in [-0.1, -0.05) is 19.8 Å². The van der Waals surface area contributed by atoms with Gasteiger partial charge in [0, 0.05) is 4.88 Å². The Morgan fingerprint density at radius 3 is 2.53 bits per heavy atom. The van der Waals surface area contributed by atoms with Gasteiger partial charge in [-0.3, -0.25) is 4.79 Å². The Morgan fingerprint density at radius 1 is 1.42 bits per heavy atom. The van der Waals surface area contributed by atoms with Crippen molar-refractivity contribution < 1.29 is 18.3 Å². The number of aryl methyl sites for hydroxylation is 1. The summed E-state index contributed by atoms with van der Waals surface area (Å²) in [5.41, 5.74) is -1.32. The third-order valence-corrected chi connectivity index (χ3v) is 6.70. The van der Waals surface area contributed by atoms with E-state index in [1.807, 2.05) is 6.92 Å². The number of carboxylic acid groups (broad SMARTS) is 1. The normalized spacial score (nSPS) is 18.6. The van der Waals surface area contributed by atoms with Crippen LogP contribution < -0.4 is 4.72 Å².